The van der Waals surface area contributed by atoms with E-state index >= 15 is 0 Å². The van der Waals surface area contributed by atoms with E-state index < -0.39 is 11.9 Å². The second-order valence-electron chi connectivity index (χ2n) is 5.20. The van der Waals surface area contributed by atoms with Crippen LogP contribution in [0.2, 0.25) is 0 Å². The number of primary amides is 1. The van der Waals surface area contributed by atoms with Crippen molar-refractivity contribution in [1.82, 2.24) is 15.5 Å². The zero-order valence-electron chi connectivity index (χ0n) is 12.1. The number of nitrogens with two attached hydrogens (primary N) is 1. The Morgan fingerprint density at radius 1 is 1.24 bits per heavy atom. The predicted molar refractivity (Wildman–Crippen MR) is 76.5 cm³/mol. The molecule has 2 amide bonds. The van der Waals surface area contributed by atoms with E-state index in [2.05, 4.69) is 10.6 Å². The summed E-state index contributed by atoms with van der Waals surface area (Å²) in [7, 11) is 0. The number of piperidine rings is 1. The van der Waals surface area contributed by atoms with Crippen LogP contribution < -0.4 is 16.4 Å². The van der Waals surface area contributed by atoms with Crippen LogP contribution >= 0.6 is 0 Å². The third kappa shape index (κ3) is 7.62. The van der Waals surface area contributed by atoms with Gasteiger partial charge in [-0.05, 0) is 32.4 Å². The third-order valence-corrected chi connectivity index (χ3v) is 3.42. The van der Waals surface area contributed by atoms with Crippen molar-refractivity contribution in [1.29, 1.82) is 0 Å². The number of carbonyl (C=O) groups is 3. The summed E-state index contributed by atoms with van der Waals surface area (Å²) >= 11 is 0. The van der Waals surface area contributed by atoms with Crippen LogP contribution in [0.4, 0.5) is 0 Å². The van der Waals surface area contributed by atoms with Gasteiger partial charge in [0.25, 0.3) is 0 Å². The molecule has 1 saturated heterocycles. The molecule has 1 rings (SSSR count). The highest BCUT2D eigenvalue weighted by molar-refractivity contribution is 5.80. The zero-order valence-corrected chi connectivity index (χ0v) is 12.1. The highest BCUT2D eigenvalue weighted by Gasteiger charge is 2.24. The molecule has 1 aliphatic heterocycles. The number of carboxylic acids is 1. The average molecular weight is 300 g/mol. The number of carboxylic acid groups (broad SMARTS) is 1. The molecule has 0 aliphatic carbocycles. The molecule has 21 heavy (non-hydrogen) atoms. The number of aliphatic carboxylic acids is 1. The van der Waals surface area contributed by atoms with Crippen LogP contribution in [-0.4, -0.2) is 66.6 Å². The minimum atomic E-state index is -0.880. The van der Waals surface area contributed by atoms with Gasteiger partial charge in [0.2, 0.25) is 11.8 Å². The molecule has 0 radical (unpaired) electrons. The van der Waals surface area contributed by atoms with Crippen molar-refractivity contribution in [3.8, 4) is 0 Å². The van der Waals surface area contributed by atoms with Gasteiger partial charge in [-0.1, -0.05) is 0 Å². The van der Waals surface area contributed by atoms with Gasteiger partial charge in [-0.15, -0.1) is 0 Å². The Kier molecular flexibility index (Phi) is 7.70. The molecule has 1 heterocycles. The molecule has 0 aromatic heterocycles. The third-order valence-electron chi connectivity index (χ3n) is 3.42. The van der Waals surface area contributed by atoms with E-state index in [1.807, 2.05) is 0 Å². The summed E-state index contributed by atoms with van der Waals surface area (Å²) in [5.41, 5.74) is 5.24. The van der Waals surface area contributed by atoms with Crippen LogP contribution in [0.15, 0.2) is 0 Å². The highest BCUT2D eigenvalue weighted by atomic mass is 16.4. The number of hydrogen-bond donors (Lipinski definition) is 4. The Hall–Kier alpha value is -1.67. The van der Waals surface area contributed by atoms with Gasteiger partial charge >= 0.3 is 5.97 Å². The maximum atomic E-state index is 11.9. The minimum absolute atomic E-state index is 0.0274. The number of rotatable bonds is 9. The minimum Gasteiger partial charge on any atom is -0.481 e. The van der Waals surface area contributed by atoms with Crippen molar-refractivity contribution in [3.05, 3.63) is 0 Å². The van der Waals surface area contributed by atoms with Gasteiger partial charge in [-0.2, -0.15) is 0 Å². The van der Waals surface area contributed by atoms with Crippen LogP contribution in [-0.2, 0) is 14.4 Å². The molecular formula is C13H24N4O4. The van der Waals surface area contributed by atoms with Crippen LogP contribution in [0.25, 0.3) is 0 Å². The SMILES string of the molecule is NC(=O)CN(CC(=O)NCCCC(=O)O)C1CCNCC1. The smallest absolute Gasteiger partial charge is 0.303 e. The van der Waals surface area contributed by atoms with Gasteiger partial charge in [-0.25, -0.2) is 0 Å². The lowest BCUT2D eigenvalue weighted by Crippen LogP contribution is -2.50. The monoisotopic (exact) mass is 300 g/mol. The molecule has 8 heteroatoms. The molecule has 0 bridgehead atoms. The van der Waals surface area contributed by atoms with Gasteiger partial charge in [0.1, 0.15) is 0 Å². The molecule has 0 spiro atoms. The van der Waals surface area contributed by atoms with Gasteiger partial charge in [-0.3, -0.25) is 19.3 Å². The van der Waals surface area contributed by atoms with E-state index in [0.29, 0.717) is 13.0 Å². The Morgan fingerprint density at radius 3 is 2.48 bits per heavy atom. The number of carbonyl (C=O) groups excluding carboxylic acids is 2. The van der Waals surface area contributed by atoms with Gasteiger partial charge in [0, 0.05) is 19.0 Å². The summed E-state index contributed by atoms with van der Waals surface area (Å²) < 4.78 is 0. The first-order chi connectivity index (χ1) is 9.99. The quantitative estimate of drug-likeness (QED) is 0.384. The van der Waals surface area contributed by atoms with Crippen molar-refractivity contribution < 1.29 is 19.5 Å². The summed E-state index contributed by atoms with van der Waals surface area (Å²) in [4.78, 5) is 35.2. The van der Waals surface area contributed by atoms with Crippen LogP contribution in [0, 0.1) is 0 Å². The van der Waals surface area contributed by atoms with E-state index in [-0.39, 0.29) is 31.5 Å². The first-order valence-electron chi connectivity index (χ1n) is 7.20. The lowest BCUT2D eigenvalue weighted by molar-refractivity contribution is -0.137. The average Bonchev–Trinajstić information content (AvgIpc) is 2.43. The standard InChI is InChI=1S/C13H24N4O4/c14-11(18)8-17(10-3-6-15-7-4-10)9-12(19)16-5-1-2-13(20)21/h10,15H,1-9H2,(H2,14,18)(H,16,19)(H,20,21). The molecule has 0 unspecified atom stereocenters. The normalized spacial score (nSPS) is 15.9. The van der Waals surface area contributed by atoms with Crippen LogP contribution in [0.1, 0.15) is 25.7 Å². The topological polar surface area (TPSA) is 125 Å². The Labute approximate surface area is 124 Å². The summed E-state index contributed by atoms with van der Waals surface area (Å²) in [6.07, 6.45) is 2.17. The fraction of sp³-hybridized carbons (Fsp3) is 0.769. The Bertz CT molecular complexity index is 369. The molecule has 120 valence electrons. The molecule has 5 N–H and O–H groups in total. The molecule has 0 aromatic carbocycles. The summed E-state index contributed by atoms with van der Waals surface area (Å²) in [5.74, 6) is -1.54. The van der Waals surface area contributed by atoms with Gasteiger partial charge in [0.15, 0.2) is 0 Å². The molecule has 1 fully saturated rings. The molecule has 8 nitrogen and oxygen atoms in total. The van der Waals surface area contributed by atoms with E-state index in [9.17, 15) is 14.4 Å². The molecule has 1 aliphatic rings. The maximum absolute atomic E-state index is 11.9. The zero-order chi connectivity index (χ0) is 15.7. The summed E-state index contributed by atoms with van der Waals surface area (Å²) in [5, 5.41) is 14.4. The first-order valence-corrected chi connectivity index (χ1v) is 7.20. The number of amides is 2. The largest absolute Gasteiger partial charge is 0.481 e. The van der Waals surface area contributed by atoms with Crippen molar-refractivity contribution in [3.63, 3.8) is 0 Å². The maximum Gasteiger partial charge on any atom is 0.303 e. The summed E-state index contributed by atoms with van der Waals surface area (Å²) in [6.45, 7) is 2.22. The van der Waals surface area contributed by atoms with Crippen LogP contribution in [0.3, 0.4) is 0 Å². The predicted octanol–water partition coefficient (Wildman–Crippen LogP) is -1.49. The van der Waals surface area contributed by atoms with Crippen molar-refractivity contribution in [2.24, 2.45) is 5.73 Å². The molecular weight excluding hydrogens is 276 g/mol. The second-order valence-corrected chi connectivity index (χ2v) is 5.20. The molecule has 0 aromatic rings. The molecule has 0 atom stereocenters. The Morgan fingerprint density at radius 2 is 1.90 bits per heavy atom. The van der Waals surface area contributed by atoms with Crippen molar-refractivity contribution >= 4 is 17.8 Å². The lowest BCUT2D eigenvalue weighted by atomic mass is 10.0. The van der Waals surface area contributed by atoms with Crippen LogP contribution in [0.5, 0.6) is 0 Å². The lowest BCUT2D eigenvalue weighted by Gasteiger charge is -2.33. The second kappa shape index (κ2) is 9.30. The van der Waals surface area contributed by atoms with Gasteiger partial charge < -0.3 is 21.5 Å². The van der Waals surface area contributed by atoms with E-state index in [1.165, 1.54) is 0 Å². The number of hydrogen-bond acceptors (Lipinski definition) is 5. The van der Waals surface area contributed by atoms with E-state index in [0.717, 1.165) is 25.9 Å². The first kappa shape index (κ1) is 17.4. The van der Waals surface area contributed by atoms with E-state index in [4.69, 9.17) is 10.8 Å². The fourth-order valence-corrected chi connectivity index (χ4v) is 2.39. The van der Waals surface area contributed by atoms with Gasteiger partial charge in [0.05, 0.1) is 13.1 Å². The highest BCUT2D eigenvalue weighted by Crippen LogP contribution is 2.11. The fourth-order valence-electron chi connectivity index (χ4n) is 2.39. The van der Waals surface area contributed by atoms with Crippen molar-refractivity contribution in [2.45, 2.75) is 31.7 Å². The number of nitrogens with zero attached hydrogens (tertiary/aromatic N) is 1. The Balaban J connectivity index is 2.38. The van der Waals surface area contributed by atoms with Crippen molar-refractivity contribution in [2.75, 3.05) is 32.7 Å². The van der Waals surface area contributed by atoms with E-state index in [1.54, 1.807) is 4.90 Å². The summed E-state index contributed by atoms with van der Waals surface area (Å²) in [6, 6.07) is 0.170. The number of nitrogens with one attached hydrogen (secondary N) is 2. The molecule has 0 saturated carbocycles.